The summed E-state index contributed by atoms with van der Waals surface area (Å²) in [4.78, 5) is 15.0. The van der Waals surface area contributed by atoms with Crippen molar-refractivity contribution in [2.45, 2.75) is 19.6 Å². The summed E-state index contributed by atoms with van der Waals surface area (Å²) < 4.78 is 11.6. The van der Waals surface area contributed by atoms with Gasteiger partial charge in [0.05, 0.1) is 0 Å². The molecule has 1 aliphatic heterocycles. The summed E-state index contributed by atoms with van der Waals surface area (Å²) in [6.07, 6.45) is 1.55. The fourth-order valence-corrected chi connectivity index (χ4v) is 2.48. The lowest BCUT2D eigenvalue weighted by Gasteiger charge is -2.25. The standard InChI is InChI=1S/C18H21N3O3/c1-13(22)20-10-9-19-11-14-4-6-15(7-5-14)17-12-23-16-3-2-8-21-18(16)24-17/h2-8,17,19H,9-12H2,1H3,(H,20,22). The van der Waals surface area contributed by atoms with Gasteiger partial charge in [-0.1, -0.05) is 24.3 Å². The molecule has 1 amide bonds. The Hall–Kier alpha value is -2.60. The number of nitrogens with one attached hydrogen (secondary N) is 2. The smallest absolute Gasteiger partial charge is 0.257 e. The predicted molar refractivity (Wildman–Crippen MR) is 89.9 cm³/mol. The SMILES string of the molecule is CC(=O)NCCNCc1ccc(C2COc3cccnc3O2)cc1. The third-order valence-electron chi connectivity index (χ3n) is 3.74. The third kappa shape index (κ3) is 4.23. The van der Waals surface area contributed by atoms with Crippen LogP contribution in [0.3, 0.4) is 0 Å². The number of ether oxygens (including phenoxy) is 2. The fourth-order valence-electron chi connectivity index (χ4n) is 2.48. The molecule has 1 unspecified atom stereocenters. The van der Waals surface area contributed by atoms with Gasteiger partial charge in [-0.15, -0.1) is 0 Å². The summed E-state index contributed by atoms with van der Waals surface area (Å²) in [5, 5.41) is 6.04. The van der Waals surface area contributed by atoms with Crippen LogP contribution < -0.4 is 20.1 Å². The summed E-state index contributed by atoms with van der Waals surface area (Å²) in [5.74, 6) is 1.22. The van der Waals surface area contributed by atoms with Gasteiger partial charge in [0, 0.05) is 32.8 Å². The molecular formula is C18H21N3O3. The van der Waals surface area contributed by atoms with E-state index in [1.807, 2.05) is 24.3 Å². The third-order valence-corrected chi connectivity index (χ3v) is 3.74. The zero-order chi connectivity index (χ0) is 16.8. The van der Waals surface area contributed by atoms with Gasteiger partial charge in [0.25, 0.3) is 5.88 Å². The van der Waals surface area contributed by atoms with Crippen LogP contribution in [0.5, 0.6) is 11.6 Å². The largest absolute Gasteiger partial charge is 0.484 e. The van der Waals surface area contributed by atoms with Crippen LogP contribution >= 0.6 is 0 Å². The molecule has 2 heterocycles. The first-order valence-corrected chi connectivity index (χ1v) is 8.01. The normalized spacial score (nSPS) is 15.8. The summed E-state index contributed by atoms with van der Waals surface area (Å²) in [5.41, 5.74) is 2.24. The zero-order valence-electron chi connectivity index (χ0n) is 13.6. The topological polar surface area (TPSA) is 72.5 Å². The van der Waals surface area contributed by atoms with Crippen molar-refractivity contribution in [3.63, 3.8) is 0 Å². The summed E-state index contributed by atoms with van der Waals surface area (Å²) >= 11 is 0. The number of carbonyl (C=O) groups is 1. The molecule has 0 spiro atoms. The van der Waals surface area contributed by atoms with E-state index in [2.05, 4.69) is 27.8 Å². The van der Waals surface area contributed by atoms with Crippen molar-refractivity contribution >= 4 is 5.91 Å². The first kappa shape index (κ1) is 16.3. The Kier molecular flexibility index (Phi) is 5.28. The van der Waals surface area contributed by atoms with Crippen LogP contribution in [0.25, 0.3) is 0 Å². The Morgan fingerprint density at radius 2 is 2.08 bits per heavy atom. The second kappa shape index (κ2) is 7.79. The van der Waals surface area contributed by atoms with E-state index in [-0.39, 0.29) is 12.0 Å². The van der Waals surface area contributed by atoms with Gasteiger partial charge in [-0.25, -0.2) is 4.98 Å². The first-order chi connectivity index (χ1) is 11.7. The first-order valence-electron chi connectivity index (χ1n) is 8.01. The van der Waals surface area contributed by atoms with Gasteiger partial charge in [-0.05, 0) is 23.3 Å². The van der Waals surface area contributed by atoms with Crippen molar-refractivity contribution in [3.05, 3.63) is 53.7 Å². The highest BCUT2D eigenvalue weighted by Gasteiger charge is 2.23. The van der Waals surface area contributed by atoms with Crippen molar-refractivity contribution < 1.29 is 14.3 Å². The maximum Gasteiger partial charge on any atom is 0.257 e. The summed E-state index contributed by atoms with van der Waals surface area (Å²) in [6, 6.07) is 11.9. The van der Waals surface area contributed by atoms with Crippen molar-refractivity contribution in [1.29, 1.82) is 0 Å². The monoisotopic (exact) mass is 327 g/mol. The molecule has 0 fully saturated rings. The van der Waals surface area contributed by atoms with E-state index in [0.717, 1.165) is 18.7 Å². The molecular weight excluding hydrogens is 306 g/mol. The minimum absolute atomic E-state index is 0.00748. The molecule has 2 aromatic rings. The van der Waals surface area contributed by atoms with E-state index in [1.165, 1.54) is 12.5 Å². The van der Waals surface area contributed by atoms with E-state index in [4.69, 9.17) is 9.47 Å². The predicted octanol–water partition coefficient (Wildman–Crippen LogP) is 1.82. The van der Waals surface area contributed by atoms with Crippen LogP contribution in [0.4, 0.5) is 0 Å². The molecule has 1 aliphatic rings. The molecule has 0 aliphatic carbocycles. The molecule has 0 radical (unpaired) electrons. The Bertz CT molecular complexity index is 688. The second-order valence-corrected chi connectivity index (χ2v) is 5.63. The molecule has 126 valence electrons. The van der Waals surface area contributed by atoms with Crippen LogP contribution in [-0.4, -0.2) is 30.6 Å². The van der Waals surface area contributed by atoms with Crippen LogP contribution in [0.15, 0.2) is 42.6 Å². The number of pyridine rings is 1. The number of amides is 1. The molecule has 1 aromatic carbocycles. The number of carbonyl (C=O) groups excluding carboxylic acids is 1. The number of hydrogen-bond donors (Lipinski definition) is 2. The molecule has 0 bridgehead atoms. The molecule has 24 heavy (non-hydrogen) atoms. The lowest BCUT2D eigenvalue weighted by atomic mass is 10.1. The molecule has 3 rings (SSSR count). The van der Waals surface area contributed by atoms with Crippen molar-refractivity contribution in [1.82, 2.24) is 15.6 Å². The van der Waals surface area contributed by atoms with Gasteiger partial charge in [0.1, 0.15) is 6.61 Å². The van der Waals surface area contributed by atoms with Crippen LogP contribution in [0.1, 0.15) is 24.2 Å². The highest BCUT2D eigenvalue weighted by molar-refractivity contribution is 5.72. The molecule has 6 nitrogen and oxygen atoms in total. The number of fused-ring (bicyclic) bond motifs is 1. The molecule has 1 atom stereocenters. The van der Waals surface area contributed by atoms with Crippen molar-refractivity contribution in [2.75, 3.05) is 19.7 Å². The lowest BCUT2D eigenvalue weighted by Crippen LogP contribution is -2.29. The van der Waals surface area contributed by atoms with E-state index in [0.29, 0.717) is 24.8 Å². The zero-order valence-corrected chi connectivity index (χ0v) is 13.6. The number of nitrogens with zero attached hydrogens (tertiary/aromatic N) is 1. The van der Waals surface area contributed by atoms with Crippen LogP contribution in [-0.2, 0) is 11.3 Å². The molecule has 1 aromatic heterocycles. The number of hydrogen-bond acceptors (Lipinski definition) is 5. The molecule has 6 heteroatoms. The lowest BCUT2D eigenvalue weighted by molar-refractivity contribution is -0.118. The summed E-state index contributed by atoms with van der Waals surface area (Å²) in [6.45, 7) is 4.12. The van der Waals surface area contributed by atoms with Gasteiger partial charge in [0.15, 0.2) is 11.9 Å². The minimum Gasteiger partial charge on any atom is -0.484 e. The highest BCUT2D eigenvalue weighted by atomic mass is 16.6. The minimum atomic E-state index is -0.144. The maximum atomic E-state index is 10.8. The Balaban J connectivity index is 1.51. The highest BCUT2D eigenvalue weighted by Crippen LogP contribution is 2.33. The summed E-state index contributed by atoms with van der Waals surface area (Å²) in [7, 11) is 0. The Labute approximate surface area is 141 Å². The van der Waals surface area contributed by atoms with E-state index < -0.39 is 0 Å². The quantitative estimate of drug-likeness (QED) is 0.792. The van der Waals surface area contributed by atoms with E-state index >= 15 is 0 Å². The Morgan fingerprint density at radius 1 is 1.25 bits per heavy atom. The average molecular weight is 327 g/mol. The molecule has 2 N–H and O–H groups in total. The molecule has 0 saturated carbocycles. The van der Waals surface area contributed by atoms with Crippen molar-refractivity contribution in [3.8, 4) is 11.6 Å². The van der Waals surface area contributed by atoms with Gasteiger partial charge < -0.3 is 20.1 Å². The molecule has 0 saturated heterocycles. The second-order valence-electron chi connectivity index (χ2n) is 5.63. The maximum absolute atomic E-state index is 10.8. The number of aromatic nitrogens is 1. The van der Waals surface area contributed by atoms with E-state index in [9.17, 15) is 4.79 Å². The Morgan fingerprint density at radius 3 is 2.88 bits per heavy atom. The van der Waals surface area contributed by atoms with Gasteiger partial charge in [0.2, 0.25) is 5.91 Å². The van der Waals surface area contributed by atoms with Crippen molar-refractivity contribution in [2.24, 2.45) is 0 Å². The van der Waals surface area contributed by atoms with Gasteiger partial charge in [-0.3, -0.25) is 4.79 Å². The average Bonchev–Trinajstić information content (AvgIpc) is 2.61. The van der Waals surface area contributed by atoms with Crippen LogP contribution in [0, 0.1) is 0 Å². The van der Waals surface area contributed by atoms with Crippen LogP contribution in [0.2, 0.25) is 0 Å². The van der Waals surface area contributed by atoms with Gasteiger partial charge >= 0.3 is 0 Å². The van der Waals surface area contributed by atoms with E-state index in [1.54, 1.807) is 6.20 Å². The number of rotatable bonds is 6. The fraction of sp³-hybridized carbons (Fsp3) is 0.333. The number of benzene rings is 1. The van der Waals surface area contributed by atoms with Gasteiger partial charge in [-0.2, -0.15) is 0 Å².